The number of benzene rings is 1. The molecule has 0 unspecified atom stereocenters. The van der Waals surface area contributed by atoms with Crippen LogP contribution in [-0.4, -0.2) is 39.9 Å². The van der Waals surface area contributed by atoms with Crippen LogP contribution in [-0.2, 0) is 22.1 Å². The lowest BCUT2D eigenvalue weighted by molar-refractivity contribution is -0.155. The first-order chi connectivity index (χ1) is 12.3. The molecule has 1 saturated heterocycles. The second-order valence-corrected chi connectivity index (χ2v) is 6.38. The van der Waals surface area contributed by atoms with Gasteiger partial charge in [0.25, 0.3) is 0 Å². The van der Waals surface area contributed by atoms with Crippen molar-refractivity contribution < 1.29 is 27.8 Å². The largest absolute Gasteiger partial charge is 0.510 e. The van der Waals surface area contributed by atoms with Crippen molar-refractivity contribution in [1.82, 2.24) is 14.8 Å². The number of nitrogens with zero attached hydrogens (tertiary/aromatic N) is 3. The van der Waals surface area contributed by atoms with E-state index in [0.717, 1.165) is 12.1 Å². The summed E-state index contributed by atoms with van der Waals surface area (Å²) in [4.78, 5) is 3.88. The van der Waals surface area contributed by atoms with Gasteiger partial charge in [-0.05, 0) is 24.6 Å². The highest BCUT2D eigenvalue weighted by Crippen LogP contribution is 2.34. The van der Waals surface area contributed by atoms with Crippen molar-refractivity contribution in [2.75, 3.05) is 20.0 Å². The van der Waals surface area contributed by atoms with Gasteiger partial charge in [-0.2, -0.15) is 18.3 Å². The molecule has 0 spiro atoms. The Kier molecular flexibility index (Phi) is 5.01. The van der Waals surface area contributed by atoms with Gasteiger partial charge in [-0.1, -0.05) is 12.1 Å². The molecule has 0 aliphatic carbocycles. The minimum atomic E-state index is -4.39. The van der Waals surface area contributed by atoms with Gasteiger partial charge in [-0.15, -0.1) is 0 Å². The third kappa shape index (κ3) is 3.88. The lowest BCUT2D eigenvalue weighted by Gasteiger charge is -2.33. The van der Waals surface area contributed by atoms with Crippen LogP contribution in [0.1, 0.15) is 18.1 Å². The number of hydrogen-bond acceptors (Lipinski definition) is 5. The Bertz CT molecular complexity index is 765. The number of rotatable bonds is 4. The number of aliphatic hydroxyl groups excluding tert-OH is 1. The van der Waals surface area contributed by atoms with Gasteiger partial charge < -0.3 is 14.6 Å². The van der Waals surface area contributed by atoms with Gasteiger partial charge in [0.05, 0.1) is 29.9 Å². The molecule has 0 bridgehead atoms. The van der Waals surface area contributed by atoms with Crippen LogP contribution in [0.5, 0.6) is 0 Å². The van der Waals surface area contributed by atoms with Crippen LogP contribution in [0.3, 0.4) is 0 Å². The molecule has 1 aliphatic heterocycles. The zero-order valence-electron chi connectivity index (χ0n) is 14.0. The maximum absolute atomic E-state index is 12.7. The van der Waals surface area contributed by atoms with Gasteiger partial charge in [-0.3, -0.25) is 0 Å². The summed E-state index contributed by atoms with van der Waals surface area (Å²) in [5.74, 6) is 0.00241. The molecule has 1 aliphatic rings. The molecule has 0 amide bonds. The Hall–Kier alpha value is -2.39. The quantitative estimate of drug-likeness (QED) is 0.838. The van der Waals surface area contributed by atoms with E-state index in [4.69, 9.17) is 9.47 Å². The Labute approximate surface area is 147 Å². The van der Waals surface area contributed by atoms with Crippen LogP contribution in [0, 0.1) is 5.41 Å². The fourth-order valence-electron chi connectivity index (χ4n) is 2.75. The Morgan fingerprint density at radius 2 is 1.88 bits per heavy atom. The molecule has 0 radical (unpaired) electrons. The monoisotopic (exact) mass is 369 g/mol. The highest BCUT2D eigenvalue weighted by atomic mass is 19.4. The van der Waals surface area contributed by atoms with E-state index in [1.165, 1.54) is 29.5 Å². The fourth-order valence-corrected chi connectivity index (χ4v) is 2.75. The summed E-state index contributed by atoms with van der Waals surface area (Å²) >= 11 is 0. The summed E-state index contributed by atoms with van der Waals surface area (Å²) in [6.07, 6.45) is -1.49. The van der Waals surface area contributed by atoms with Crippen LogP contribution in [0.25, 0.3) is 5.70 Å². The summed E-state index contributed by atoms with van der Waals surface area (Å²) in [6.45, 7) is 2.44. The van der Waals surface area contributed by atoms with Gasteiger partial charge in [-0.25, -0.2) is 9.67 Å². The first-order valence-electron chi connectivity index (χ1n) is 7.89. The van der Waals surface area contributed by atoms with Gasteiger partial charge in [0.1, 0.15) is 25.2 Å². The molecular formula is C17H18F3N3O3. The molecule has 1 N–H and O–H groups in total. The van der Waals surface area contributed by atoms with Crippen LogP contribution in [0.15, 0.2) is 42.7 Å². The van der Waals surface area contributed by atoms with Crippen molar-refractivity contribution in [1.29, 1.82) is 0 Å². The SMILES string of the molecule is CC1(/C(O)=C(/Cc2ccc(C(F)(F)F)cc2)n2cncn2)COCOC1. The second kappa shape index (κ2) is 7.08. The second-order valence-electron chi connectivity index (χ2n) is 6.38. The van der Waals surface area contributed by atoms with E-state index >= 15 is 0 Å². The minimum Gasteiger partial charge on any atom is -0.510 e. The molecule has 1 aromatic heterocycles. The highest BCUT2D eigenvalue weighted by Gasteiger charge is 2.36. The average molecular weight is 369 g/mol. The predicted molar refractivity (Wildman–Crippen MR) is 85.9 cm³/mol. The molecule has 1 fully saturated rings. The molecule has 1 aromatic carbocycles. The zero-order valence-corrected chi connectivity index (χ0v) is 14.0. The van der Waals surface area contributed by atoms with Crippen molar-refractivity contribution >= 4 is 5.70 Å². The van der Waals surface area contributed by atoms with Gasteiger partial charge in [0.15, 0.2) is 0 Å². The normalized spacial score (nSPS) is 18.5. The van der Waals surface area contributed by atoms with E-state index in [9.17, 15) is 18.3 Å². The van der Waals surface area contributed by atoms with Crippen LogP contribution < -0.4 is 0 Å². The first kappa shape index (κ1) is 18.4. The van der Waals surface area contributed by atoms with E-state index < -0.39 is 17.2 Å². The van der Waals surface area contributed by atoms with Crippen molar-refractivity contribution in [2.45, 2.75) is 19.5 Å². The minimum absolute atomic E-state index is 0.00241. The molecule has 3 rings (SSSR count). The number of halogens is 3. The summed E-state index contributed by atoms with van der Waals surface area (Å²) in [5, 5.41) is 14.9. The third-order valence-corrected chi connectivity index (χ3v) is 4.20. The predicted octanol–water partition coefficient (Wildman–Crippen LogP) is 3.28. The zero-order chi connectivity index (χ0) is 18.8. The topological polar surface area (TPSA) is 69.4 Å². The van der Waals surface area contributed by atoms with E-state index in [1.807, 2.05) is 0 Å². The maximum atomic E-state index is 12.7. The first-order valence-corrected chi connectivity index (χ1v) is 7.89. The highest BCUT2D eigenvalue weighted by molar-refractivity contribution is 5.53. The number of ether oxygens (including phenoxy) is 2. The molecule has 6 nitrogen and oxygen atoms in total. The van der Waals surface area contributed by atoms with Gasteiger partial charge >= 0.3 is 6.18 Å². The van der Waals surface area contributed by atoms with Crippen LogP contribution >= 0.6 is 0 Å². The molecule has 0 atom stereocenters. The average Bonchev–Trinajstić information content (AvgIpc) is 3.14. The number of allylic oxidation sites excluding steroid dienone is 1. The van der Waals surface area contributed by atoms with E-state index in [-0.39, 0.29) is 32.2 Å². The molecule has 26 heavy (non-hydrogen) atoms. The number of hydrogen-bond donors (Lipinski definition) is 1. The molecule has 0 saturated carbocycles. The summed E-state index contributed by atoms with van der Waals surface area (Å²) in [5.41, 5.74) is -0.515. The number of aromatic nitrogens is 3. The third-order valence-electron chi connectivity index (χ3n) is 4.20. The molecule has 140 valence electrons. The molecular weight excluding hydrogens is 351 g/mol. The van der Waals surface area contributed by atoms with E-state index in [2.05, 4.69) is 10.1 Å². The van der Waals surface area contributed by atoms with Crippen molar-refractivity contribution in [3.63, 3.8) is 0 Å². The fraction of sp³-hybridized carbons (Fsp3) is 0.412. The molecule has 2 heterocycles. The lowest BCUT2D eigenvalue weighted by Crippen LogP contribution is -2.37. The summed E-state index contributed by atoms with van der Waals surface area (Å²) in [7, 11) is 0. The van der Waals surface area contributed by atoms with Crippen molar-refractivity contribution in [3.8, 4) is 0 Å². The number of alkyl halides is 3. The lowest BCUT2D eigenvalue weighted by atomic mass is 9.87. The number of aliphatic hydroxyl groups is 1. The summed E-state index contributed by atoms with van der Waals surface area (Å²) < 4.78 is 50.2. The Balaban J connectivity index is 1.94. The van der Waals surface area contributed by atoms with Crippen LogP contribution in [0.2, 0.25) is 0 Å². The van der Waals surface area contributed by atoms with E-state index in [0.29, 0.717) is 11.3 Å². The van der Waals surface area contributed by atoms with Crippen LogP contribution in [0.4, 0.5) is 13.2 Å². The Morgan fingerprint density at radius 1 is 1.23 bits per heavy atom. The molecule has 9 heteroatoms. The van der Waals surface area contributed by atoms with E-state index in [1.54, 1.807) is 6.92 Å². The van der Waals surface area contributed by atoms with Gasteiger partial charge in [0, 0.05) is 6.42 Å². The van der Waals surface area contributed by atoms with Gasteiger partial charge in [0.2, 0.25) is 0 Å². The standard InChI is InChI=1S/C17H18F3N3O3/c1-16(7-25-11-26-8-16)15(24)14(23-10-21-9-22-23)6-12-2-4-13(5-3-12)17(18,19)20/h2-5,9-10,24H,6-8,11H2,1H3/b15-14+. The summed E-state index contributed by atoms with van der Waals surface area (Å²) in [6, 6.07) is 4.78. The maximum Gasteiger partial charge on any atom is 0.416 e. The Morgan fingerprint density at radius 3 is 2.42 bits per heavy atom. The van der Waals surface area contributed by atoms with Crippen molar-refractivity contribution in [3.05, 3.63) is 53.8 Å². The molecule has 2 aromatic rings. The smallest absolute Gasteiger partial charge is 0.416 e. The van der Waals surface area contributed by atoms with Crippen molar-refractivity contribution in [2.24, 2.45) is 5.41 Å².